The first-order chi connectivity index (χ1) is 8.10. The topological polar surface area (TPSA) is 41.1 Å². The lowest BCUT2D eigenvalue weighted by molar-refractivity contribution is -0.121. The number of nitrogens with one attached hydrogen (secondary N) is 2. The van der Waals surface area contributed by atoms with Crippen molar-refractivity contribution in [1.29, 1.82) is 0 Å². The SMILES string of the molecule is O=C1NC2(CCC2)N[C@@H]1c1cc(Br)ccc1F. The quantitative estimate of drug-likeness (QED) is 0.835. The lowest BCUT2D eigenvalue weighted by Gasteiger charge is -2.38. The van der Waals surface area contributed by atoms with Crippen molar-refractivity contribution in [2.45, 2.75) is 31.0 Å². The van der Waals surface area contributed by atoms with Gasteiger partial charge in [-0.05, 0) is 37.5 Å². The average Bonchev–Trinajstić information content (AvgIpc) is 2.60. The van der Waals surface area contributed by atoms with Crippen LogP contribution in [-0.2, 0) is 4.79 Å². The summed E-state index contributed by atoms with van der Waals surface area (Å²) in [4.78, 5) is 11.9. The largest absolute Gasteiger partial charge is 0.336 e. The summed E-state index contributed by atoms with van der Waals surface area (Å²) in [5.74, 6) is -0.487. The molecule has 1 amide bonds. The number of hydrogen-bond donors (Lipinski definition) is 2. The minimum atomic E-state index is -0.576. The molecule has 1 saturated carbocycles. The lowest BCUT2D eigenvalue weighted by atomic mass is 9.85. The van der Waals surface area contributed by atoms with Gasteiger partial charge >= 0.3 is 0 Å². The van der Waals surface area contributed by atoms with Crippen LogP contribution in [0.3, 0.4) is 0 Å². The highest BCUT2D eigenvalue weighted by Crippen LogP contribution is 2.37. The molecule has 0 aromatic heterocycles. The van der Waals surface area contributed by atoms with Gasteiger partial charge in [-0.3, -0.25) is 10.1 Å². The molecule has 2 fully saturated rings. The molecule has 2 aliphatic rings. The molecule has 1 heterocycles. The molecule has 3 rings (SSSR count). The van der Waals surface area contributed by atoms with Crippen molar-refractivity contribution in [2.24, 2.45) is 0 Å². The Kier molecular flexibility index (Phi) is 2.48. The predicted octanol–water partition coefficient (Wildman–Crippen LogP) is 2.23. The van der Waals surface area contributed by atoms with Gasteiger partial charge in [0, 0.05) is 10.0 Å². The molecule has 0 unspecified atom stereocenters. The van der Waals surface area contributed by atoms with Crippen molar-refractivity contribution in [1.82, 2.24) is 10.6 Å². The first-order valence-electron chi connectivity index (χ1n) is 5.64. The van der Waals surface area contributed by atoms with Crippen LogP contribution in [0.2, 0.25) is 0 Å². The summed E-state index contributed by atoms with van der Waals surface area (Å²) in [5.41, 5.74) is 0.122. The molecule has 1 aromatic rings. The summed E-state index contributed by atoms with van der Waals surface area (Å²) in [6, 6.07) is 4.09. The van der Waals surface area contributed by atoms with Crippen LogP contribution in [0.1, 0.15) is 30.9 Å². The lowest BCUT2D eigenvalue weighted by Crippen LogP contribution is -2.55. The third kappa shape index (κ3) is 1.77. The van der Waals surface area contributed by atoms with E-state index in [4.69, 9.17) is 0 Å². The van der Waals surface area contributed by atoms with Crippen molar-refractivity contribution in [3.8, 4) is 0 Å². The maximum absolute atomic E-state index is 13.7. The summed E-state index contributed by atoms with van der Waals surface area (Å²) in [6.45, 7) is 0. The Balaban J connectivity index is 1.94. The monoisotopic (exact) mass is 298 g/mol. The Morgan fingerprint density at radius 2 is 2.18 bits per heavy atom. The molecule has 1 aromatic carbocycles. The molecule has 90 valence electrons. The van der Waals surface area contributed by atoms with Gasteiger partial charge in [0.25, 0.3) is 0 Å². The van der Waals surface area contributed by atoms with Crippen LogP contribution in [-0.4, -0.2) is 11.6 Å². The summed E-state index contributed by atoms with van der Waals surface area (Å²) < 4.78 is 14.5. The molecule has 0 radical (unpaired) electrons. The molecule has 1 aliphatic heterocycles. The molecule has 3 nitrogen and oxygen atoms in total. The van der Waals surface area contributed by atoms with Crippen LogP contribution in [0.5, 0.6) is 0 Å². The Bertz CT molecular complexity index is 487. The number of benzene rings is 1. The zero-order chi connectivity index (χ0) is 12.0. The molecule has 0 bridgehead atoms. The van der Waals surface area contributed by atoms with E-state index in [1.54, 1.807) is 12.1 Å². The second-order valence-electron chi connectivity index (χ2n) is 4.67. The second-order valence-corrected chi connectivity index (χ2v) is 5.58. The Morgan fingerprint density at radius 1 is 1.41 bits per heavy atom. The van der Waals surface area contributed by atoms with E-state index in [-0.39, 0.29) is 17.4 Å². The number of hydrogen-bond acceptors (Lipinski definition) is 2. The number of rotatable bonds is 1. The van der Waals surface area contributed by atoms with Crippen LogP contribution >= 0.6 is 15.9 Å². The molecule has 2 N–H and O–H groups in total. The summed E-state index contributed by atoms with van der Waals surface area (Å²) in [7, 11) is 0. The van der Waals surface area contributed by atoms with E-state index in [1.165, 1.54) is 6.07 Å². The molecule has 1 saturated heterocycles. The van der Waals surface area contributed by atoms with Crippen molar-refractivity contribution in [3.05, 3.63) is 34.1 Å². The first kappa shape index (κ1) is 11.2. The Labute approximate surface area is 107 Å². The predicted molar refractivity (Wildman–Crippen MR) is 64.7 cm³/mol. The second kappa shape index (κ2) is 3.78. The van der Waals surface area contributed by atoms with Gasteiger partial charge < -0.3 is 5.32 Å². The van der Waals surface area contributed by atoms with Crippen LogP contribution in [0, 0.1) is 5.82 Å². The Morgan fingerprint density at radius 3 is 2.76 bits per heavy atom. The number of halogens is 2. The first-order valence-corrected chi connectivity index (χ1v) is 6.44. The van der Waals surface area contributed by atoms with Crippen LogP contribution in [0.25, 0.3) is 0 Å². The van der Waals surface area contributed by atoms with Crippen molar-refractivity contribution >= 4 is 21.8 Å². The standard InChI is InChI=1S/C12H12BrFN2O/c13-7-2-3-9(14)8(6-7)10-11(17)16-12(15-10)4-1-5-12/h2-3,6,10,15H,1,4-5H2,(H,16,17)/t10-/m1/s1. The molecule has 1 atom stereocenters. The fourth-order valence-corrected chi connectivity index (χ4v) is 2.82. The number of amides is 1. The minimum absolute atomic E-state index is 0.137. The number of carbonyl (C=O) groups is 1. The van der Waals surface area contributed by atoms with E-state index < -0.39 is 6.04 Å². The fraction of sp³-hybridized carbons (Fsp3) is 0.417. The maximum atomic E-state index is 13.7. The maximum Gasteiger partial charge on any atom is 0.243 e. The van der Waals surface area contributed by atoms with Gasteiger partial charge in [-0.25, -0.2) is 4.39 Å². The summed E-state index contributed by atoms with van der Waals surface area (Å²) in [6.07, 6.45) is 2.94. The highest BCUT2D eigenvalue weighted by molar-refractivity contribution is 9.10. The molecule has 1 spiro atoms. The molecule has 5 heteroatoms. The van der Waals surface area contributed by atoms with Crippen molar-refractivity contribution in [3.63, 3.8) is 0 Å². The van der Waals surface area contributed by atoms with E-state index in [0.29, 0.717) is 5.56 Å². The van der Waals surface area contributed by atoms with Crippen LogP contribution in [0.15, 0.2) is 22.7 Å². The van der Waals surface area contributed by atoms with Crippen molar-refractivity contribution < 1.29 is 9.18 Å². The normalized spacial score (nSPS) is 25.8. The van der Waals surface area contributed by atoms with Gasteiger partial charge in [-0.15, -0.1) is 0 Å². The Hall–Kier alpha value is -0.940. The highest BCUT2D eigenvalue weighted by atomic mass is 79.9. The minimum Gasteiger partial charge on any atom is -0.336 e. The summed E-state index contributed by atoms with van der Waals surface area (Å²) in [5, 5.41) is 6.15. The van der Waals surface area contributed by atoms with E-state index in [9.17, 15) is 9.18 Å². The fourth-order valence-electron chi connectivity index (χ4n) is 2.44. The van der Waals surface area contributed by atoms with Gasteiger partial charge in [0.15, 0.2) is 0 Å². The third-order valence-corrected chi connectivity index (χ3v) is 4.01. The molecule has 1 aliphatic carbocycles. The smallest absolute Gasteiger partial charge is 0.243 e. The van der Waals surface area contributed by atoms with E-state index in [2.05, 4.69) is 26.6 Å². The van der Waals surface area contributed by atoms with E-state index in [0.717, 1.165) is 23.7 Å². The number of carbonyl (C=O) groups excluding carboxylic acids is 1. The van der Waals surface area contributed by atoms with Gasteiger partial charge in [-0.1, -0.05) is 15.9 Å². The van der Waals surface area contributed by atoms with Gasteiger partial charge in [-0.2, -0.15) is 0 Å². The van der Waals surface area contributed by atoms with Gasteiger partial charge in [0.05, 0.1) is 5.66 Å². The molecule has 17 heavy (non-hydrogen) atoms. The highest BCUT2D eigenvalue weighted by Gasteiger charge is 2.48. The van der Waals surface area contributed by atoms with Gasteiger partial charge in [0.1, 0.15) is 11.9 Å². The average molecular weight is 299 g/mol. The third-order valence-electron chi connectivity index (χ3n) is 3.52. The zero-order valence-corrected chi connectivity index (χ0v) is 10.7. The van der Waals surface area contributed by atoms with E-state index in [1.807, 2.05) is 0 Å². The van der Waals surface area contributed by atoms with E-state index >= 15 is 0 Å². The van der Waals surface area contributed by atoms with Crippen molar-refractivity contribution in [2.75, 3.05) is 0 Å². The zero-order valence-electron chi connectivity index (χ0n) is 9.09. The van der Waals surface area contributed by atoms with Gasteiger partial charge in [0.2, 0.25) is 5.91 Å². The summed E-state index contributed by atoms with van der Waals surface area (Å²) >= 11 is 3.30. The van der Waals surface area contributed by atoms with Crippen LogP contribution < -0.4 is 10.6 Å². The van der Waals surface area contributed by atoms with Crippen LogP contribution in [0.4, 0.5) is 4.39 Å². The molecular formula is C12H12BrFN2O. The molecular weight excluding hydrogens is 287 g/mol.